The lowest BCUT2D eigenvalue weighted by Crippen LogP contribution is -2.37. The Hall–Kier alpha value is -3.01. The van der Waals surface area contributed by atoms with Gasteiger partial charge >= 0.3 is 0 Å². The normalized spacial score (nSPS) is 10.7. The van der Waals surface area contributed by atoms with Crippen molar-refractivity contribution < 1.29 is 19.8 Å². The van der Waals surface area contributed by atoms with Gasteiger partial charge < -0.3 is 20.8 Å². The van der Waals surface area contributed by atoms with Crippen LogP contribution in [0.4, 0.5) is 0 Å². The Kier molecular flexibility index (Phi) is 7.14. The smallest absolute Gasteiger partial charge is 0.262 e. The zero-order chi connectivity index (χ0) is 17.2. The van der Waals surface area contributed by atoms with Crippen LogP contribution in [0.2, 0.25) is 0 Å². The molecule has 2 amide bonds. The van der Waals surface area contributed by atoms with Crippen LogP contribution in [0.1, 0.15) is 25.3 Å². The van der Waals surface area contributed by atoms with E-state index < -0.39 is 5.91 Å². The molecule has 0 spiro atoms. The largest absolute Gasteiger partial charge is 0.504 e. The molecule has 0 heterocycles. The molecule has 0 aliphatic carbocycles. The van der Waals surface area contributed by atoms with Gasteiger partial charge in [0.05, 0.1) is 6.54 Å². The van der Waals surface area contributed by atoms with Gasteiger partial charge in [-0.3, -0.25) is 9.59 Å². The molecule has 0 atom stereocenters. The van der Waals surface area contributed by atoms with Crippen molar-refractivity contribution in [2.75, 3.05) is 13.1 Å². The maximum Gasteiger partial charge on any atom is 0.262 e. The van der Waals surface area contributed by atoms with E-state index in [-0.39, 0.29) is 29.5 Å². The molecule has 0 aliphatic heterocycles. The summed E-state index contributed by atoms with van der Waals surface area (Å²) < 4.78 is 0. The zero-order valence-corrected chi connectivity index (χ0v) is 12.8. The number of nitriles is 1. The van der Waals surface area contributed by atoms with Crippen LogP contribution in [0.5, 0.6) is 11.5 Å². The third kappa shape index (κ3) is 6.09. The van der Waals surface area contributed by atoms with E-state index in [2.05, 4.69) is 10.6 Å². The van der Waals surface area contributed by atoms with Crippen molar-refractivity contribution in [3.63, 3.8) is 0 Å². The molecule has 0 bridgehead atoms. The minimum atomic E-state index is -0.689. The first kappa shape index (κ1) is 18.0. The Morgan fingerprint density at radius 2 is 2.00 bits per heavy atom. The van der Waals surface area contributed by atoms with Crippen molar-refractivity contribution in [1.82, 2.24) is 10.6 Å². The Labute approximate surface area is 134 Å². The number of phenols is 2. The molecule has 122 valence electrons. The number of rotatable bonds is 7. The lowest BCUT2D eigenvalue weighted by atomic mass is 10.1. The van der Waals surface area contributed by atoms with Gasteiger partial charge in [-0.15, -0.1) is 0 Å². The van der Waals surface area contributed by atoms with Crippen molar-refractivity contribution in [2.45, 2.75) is 19.8 Å². The molecule has 1 rings (SSSR count). The van der Waals surface area contributed by atoms with E-state index in [1.54, 1.807) is 6.07 Å². The molecule has 7 heteroatoms. The maximum absolute atomic E-state index is 11.9. The van der Waals surface area contributed by atoms with Crippen LogP contribution in [0.15, 0.2) is 23.8 Å². The second kappa shape index (κ2) is 9.10. The number of carbonyl (C=O) groups is 2. The minimum Gasteiger partial charge on any atom is -0.504 e. The number of carbonyl (C=O) groups excluding carboxylic acids is 2. The fraction of sp³-hybridized carbons (Fsp3) is 0.312. The molecule has 7 nitrogen and oxygen atoms in total. The van der Waals surface area contributed by atoms with Gasteiger partial charge in [0.1, 0.15) is 11.6 Å². The van der Waals surface area contributed by atoms with Crippen LogP contribution >= 0.6 is 0 Å². The summed E-state index contributed by atoms with van der Waals surface area (Å²) >= 11 is 0. The second-order valence-electron chi connectivity index (χ2n) is 4.80. The number of hydrogen-bond acceptors (Lipinski definition) is 5. The lowest BCUT2D eigenvalue weighted by molar-refractivity contribution is -0.124. The number of nitrogens with one attached hydrogen (secondary N) is 2. The topological polar surface area (TPSA) is 122 Å². The van der Waals surface area contributed by atoms with Crippen molar-refractivity contribution in [3.8, 4) is 17.6 Å². The average Bonchev–Trinajstić information content (AvgIpc) is 2.53. The molecule has 23 heavy (non-hydrogen) atoms. The molecule has 0 unspecified atom stereocenters. The summed E-state index contributed by atoms with van der Waals surface area (Å²) in [4.78, 5) is 23.4. The standard InChI is InChI=1S/C16H19N3O4/c1-2-3-6-18-15(22)10-19-16(23)12(9-17)7-11-4-5-13(20)14(21)8-11/h4-5,7-8,20-21H,2-3,6,10H2,1H3,(H,18,22)(H,19,23)/b12-7+. The minimum absolute atomic E-state index is 0.212. The highest BCUT2D eigenvalue weighted by Gasteiger charge is 2.11. The quantitative estimate of drug-likeness (QED) is 0.259. The highest BCUT2D eigenvalue weighted by atomic mass is 16.3. The van der Waals surface area contributed by atoms with Crippen molar-refractivity contribution >= 4 is 17.9 Å². The van der Waals surface area contributed by atoms with Crippen molar-refractivity contribution in [3.05, 3.63) is 29.3 Å². The lowest BCUT2D eigenvalue weighted by Gasteiger charge is -2.06. The van der Waals surface area contributed by atoms with Crippen LogP contribution < -0.4 is 10.6 Å². The first-order chi connectivity index (χ1) is 11.0. The molecule has 1 aromatic carbocycles. The van der Waals surface area contributed by atoms with Crippen LogP contribution in [0.3, 0.4) is 0 Å². The van der Waals surface area contributed by atoms with Crippen LogP contribution in [-0.4, -0.2) is 35.1 Å². The predicted octanol–water partition coefficient (Wildman–Crippen LogP) is 1.04. The molecule has 0 fully saturated rings. The van der Waals surface area contributed by atoms with Crippen LogP contribution in [0, 0.1) is 11.3 Å². The van der Waals surface area contributed by atoms with Gasteiger partial charge in [-0.1, -0.05) is 19.4 Å². The van der Waals surface area contributed by atoms with Crippen LogP contribution in [0.25, 0.3) is 6.08 Å². The second-order valence-corrected chi connectivity index (χ2v) is 4.80. The van der Waals surface area contributed by atoms with E-state index in [1.165, 1.54) is 24.3 Å². The van der Waals surface area contributed by atoms with E-state index in [0.29, 0.717) is 12.1 Å². The van der Waals surface area contributed by atoms with E-state index >= 15 is 0 Å². The summed E-state index contributed by atoms with van der Waals surface area (Å²) in [7, 11) is 0. The SMILES string of the molecule is CCCCNC(=O)CNC(=O)/C(C#N)=C/c1ccc(O)c(O)c1. The van der Waals surface area contributed by atoms with Crippen molar-refractivity contribution in [1.29, 1.82) is 5.26 Å². The van der Waals surface area contributed by atoms with Gasteiger partial charge in [0.2, 0.25) is 5.91 Å². The summed E-state index contributed by atoms with van der Waals surface area (Å²) in [6.07, 6.45) is 3.06. The number of unbranched alkanes of at least 4 members (excludes halogenated alkanes) is 1. The summed E-state index contributed by atoms with van der Waals surface area (Å²) in [6, 6.07) is 5.64. The fourth-order valence-electron chi connectivity index (χ4n) is 1.67. The number of phenolic OH excluding ortho intramolecular Hbond substituents is 2. The summed E-state index contributed by atoms with van der Waals surface area (Å²) in [5.41, 5.74) is 0.163. The molecule has 1 aromatic rings. The van der Waals surface area contributed by atoms with E-state index in [1.807, 2.05) is 6.92 Å². The molecule has 0 aliphatic rings. The zero-order valence-electron chi connectivity index (χ0n) is 12.8. The number of aromatic hydroxyl groups is 2. The molecule has 0 saturated carbocycles. The average molecular weight is 317 g/mol. The number of hydrogen-bond donors (Lipinski definition) is 4. The maximum atomic E-state index is 11.9. The monoisotopic (exact) mass is 317 g/mol. The Morgan fingerprint density at radius 1 is 1.26 bits per heavy atom. The first-order valence-electron chi connectivity index (χ1n) is 7.16. The highest BCUT2D eigenvalue weighted by molar-refractivity contribution is 6.03. The highest BCUT2D eigenvalue weighted by Crippen LogP contribution is 2.25. The van der Waals surface area contributed by atoms with Crippen LogP contribution in [-0.2, 0) is 9.59 Å². The van der Waals surface area contributed by atoms with E-state index in [0.717, 1.165) is 12.8 Å². The summed E-state index contributed by atoms with van der Waals surface area (Å²) in [6.45, 7) is 2.32. The number of nitrogens with zero attached hydrogens (tertiary/aromatic N) is 1. The van der Waals surface area contributed by atoms with Gasteiger partial charge in [-0.2, -0.15) is 5.26 Å². The molecule has 0 saturated heterocycles. The Morgan fingerprint density at radius 3 is 2.61 bits per heavy atom. The fourth-order valence-corrected chi connectivity index (χ4v) is 1.67. The van der Waals surface area contributed by atoms with Gasteiger partial charge in [0.15, 0.2) is 11.5 Å². The first-order valence-corrected chi connectivity index (χ1v) is 7.16. The van der Waals surface area contributed by atoms with Gasteiger partial charge in [-0.05, 0) is 30.2 Å². The third-order valence-corrected chi connectivity index (χ3v) is 2.94. The van der Waals surface area contributed by atoms with Gasteiger partial charge in [0.25, 0.3) is 5.91 Å². The molecule has 4 N–H and O–H groups in total. The van der Waals surface area contributed by atoms with E-state index in [4.69, 9.17) is 5.26 Å². The molecular formula is C16H19N3O4. The molecular weight excluding hydrogens is 298 g/mol. The molecule has 0 aromatic heterocycles. The van der Waals surface area contributed by atoms with Gasteiger partial charge in [0, 0.05) is 6.54 Å². The number of benzene rings is 1. The summed E-state index contributed by atoms with van der Waals surface area (Å²) in [5, 5.41) is 32.6. The predicted molar refractivity (Wildman–Crippen MR) is 84.3 cm³/mol. The van der Waals surface area contributed by atoms with E-state index in [9.17, 15) is 19.8 Å². The Balaban J connectivity index is 2.64. The number of amides is 2. The van der Waals surface area contributed by atoms with Crippen molar-refractivity contribution in [2.24, 2.45) is 0 Å². The molecule has 0 radical (unpaired) electrons. The summed E-state index contributed by atoms with van der Waals surface area (Å²) in [5.74, 6) is -1.67. The third-order valence-electron chi connectivity index (χ3n) is 2.94. The Bertz CT molecular complexity index is 647. The van der Waals surface area contributed by atoms with Gasteiger partial charge in [-0.25, -0.2) is 0 Å².